The predicted octanol–water partition coefficient (Wildman–Crippen LogP) is 1.09. The molecule has 5 heteroatoms. The van der Waals surface area contributed by atoms with Crippen LogP contribution in [0.15, 0.2) is 54.7 Å². The molecule has 1 aromatic carbocycles. The van der Waals surface area contributed by atoms with Crippen LogP contribution in [-0.4, -0.2) is 43.7 Å². The van der Waals surface area contributed by atoms with Crippen LogP contribution in [0.1, 0.15) is 5.69 Å². The number of benzene rings is 1. The third-order valence-corrected chi connectivity index (χ3v) is 5.12. The van der Waals surface area contributed by atoms with Crippen molar-refractivity contribution < 1.29 is 0 Å². The molecule has 2 unspecified atom stereocenters. The number of rotatable bonds is 5. The number of quaternary nitrogens is 1. The van der Waals surface area contributed by atoms with Crippen molar-refractivity contribution >= 4 is 5.69 Å². The molecule has 0 aliphatic carbocycles. The number of nitrogens with two attached hydrogens (primary N) is 2. The molecule has 1 fully saturated rings. The van der Waals surface area contributed by atoms with E-state index in [2.05, 4.69) is 41.6 Å². The lowest BCUT2D eigenvalue weighted by Gasteiger charge is -2.46. The van der Waals surface area contributed by atoms with E-state index >= 15 is 0 Å². The van der Waals surface area contributed by atoms with Gasteiger partial charge in [0, 0.05) is 25.2 Å². The van der Waals surface area contributed by atoms with Gasteiger partial charge in [-0.3, -0.25) is 9.47 Å². The molecule has 5 N–H and O–H groups in total. The Bertz CT molecular complexity index is 619. The van der Waals surface area contributed by atoms with Gasteiger partial charge in [0.2, 0.25) is 0 Å². The fourth-order valence-corrected chi connectivity index (χ4v) is 3.76. The number of aromatic nitrogens is 1. The van der Waals surface area contributed by atoms with Crippen LogP contribution < -0.4 is 21.3 Å². The number of para-hydroxylation sites is 1. The second kappa shape index (κ2) is 7.40. The second-order valence-electron chi connectivity index (χ2n) is 7.04. The molecule has 1 aliphatic heterocycles. The zero-order valence-electron chi connectivity index (χ0n) is 14.3. The molecule has 24 heavy (non-hydrogen) atoms. The lowest BCUT2D eigenvalue weighted by atomic mass is 9.86. The third kappa shape index (κ3) is 3.82. The predicted molar refractivity (Wildman–Crippen MR) is 99.3 cm³/mol. The van der Waals surface area contributed by atoms with Gasteiger partial charge in [-0.25, -0.2) is 0 Å². The van der Waals surface area contributed by atoms with E-state index in [0.717, 1.165) is 36.4 Å². The zero-order chi connectivity index (χ0) is 17.0. The summed E-state index contributed by atoms with van der Waals surface area (Å²) < 4.78 is 0.805. The fourth-order valence-electron chi connectivity index (χ4n) is 3.76. The van der Waals surface area contributed by atoms with Crippen molar-refractivity contribution in [2.75, 3.05) is 26.7 Å². The fraction of sp³-hybridized carbons (Fsp3) is 0.421. The number of likely N-dealkylation sites (N-methyl/N-ethyl adjacent to an activating group) is 1. The minimum Gasteiger partial charge on any atom is -0.323 e. The highest BCUT2D eigenvalue weighted by atomic mass is 15.4. The number of nitrogens with one attached hydrogen (secondary N) is 1. The Morgan fingerprint density at radius 1 is 1.04 bits per heavy atom. The number of pyridine rings is 1. The second-order valence-corrected chi connectivity index (χ2v) is 7.04. The first-order valence-corrected chi connectivity index (χ1v) is 8.60. The monoisotopic (exact) mass is 326 g/mol. The van der Waals surface area contributed by atoms with E-state index < -0.39 is 0 Å². The van der Waals surface area contributed by atoms with Crippen LogP contribution in [0, 0.1) is 5.92 Å². The van der Waals surface area contributed by atoms with E-state index in [9.17, 15) is 0 Å². The number of hydrogen-bond donors (Lipinski definition) is 3. The summed E-state index contributed by atoms with van der Waals surface area (Å²) in [4.78, 5) is 4.33. The van der Waals surface area contributed by atoms with Crippen LogP contribution in [-0.2, 0) is 6.54 Å². The maximum atomic E-state index is 6.51. The molecule has 1 aliphatic rings. The van der Waals surface area contributed by atoms with Crippen LogP contribution in [0.3, 0.4) is 0 Å². The molecule has 3 rings (SSSR count). The molecular weight excluding hydrogens is 298 g/mol. The summed E-state index contributed by atoms with van der Waals surface area (Å²) in [5, 5.41) is 3.47. The number of piperidine rings is 1. The highest BCUT2D eigenvalue weighted by Gasteiger charge is 2.41. The van der Waals surface area contributed by atoms with Gasteiger partial charge in [-0.15, -0.1) is 0 Å². The molecule has 5 nitrogen and oxygen atoms in total. The average Bonchev–Trinajstić information content (AvgIpc) is 2.59. The summed E-state index contributed by atoms with van der Waals surface area (Å²) in [6.07, 6.45) is 1.82. The summed E-state index contributed by atoms with van der Waals surface area (Å²) in [6.45, 7) is 3.40. The molecule has 0 radical (unpaired) electrons. The van der Waals surface area contributed by atoms with Gasteiger partial charge in [0.05, 0.1) is 37.9 Å². The number of nitrogens with zero attached hydrogens (tertiary/aromatic N) is 2. The van der Waals surface area contributed by atoms with Crippen LogP contribution in [0.2, 0.25) is 0 Å². The minimum absolute atomic E-state index is 0.0789. The topological polar surface area (TPSA) is 77.0 Å². The van der Waals surface area contributed by atoms with Gasteiger partial charge in [-0.05, 0) is 24.3 Å². The Balaban J connectivity index is 1.59. The Labute approximate surface area is 144 Å². The lowest BCUT2D eigenvalue weighted by Crippen LogP contribution is -2.68. The molecule has 0 bridgehead atoms. The number of hydrogen-bond acceptors (Lipinski definition) is 4. The summed E-state index contributed by atoms with van der Waals surface area (Å²) in [5.41, 5.74) is 15.3. The molecule has 0 saturated carbocycles. The van der Waals surface area contributed by atoms with Crippen molar-refractivity contribution in [1.82, 2.24) is 14.8 Å². The van der Waals surface area contributed by atoms with Gasteiger partial charge >= 0.3 is 0 Å². The first-order chi connectivity index (χ1) is 11.6. The maximum Gasteiger partial charge on any atom is 0.132 e. The highest BCUT2D eigenvalue weighted by Crippen LogP contribution is 2.27. The molecular formula is C19H28N5+. The molecule has 2 aromatic rings. The molecule has 4 atom stereocenters. The molecule has 1 saturated heterocycles. The Kier molecular flexibility index (Phi) is 5.26. The van der Waals surface area contributed by atoms with Crippen LogP contribution >= 0.6 is 0 Å². The standard InChI is InChI=1S/C19H28N5/c1-24(16-8-3-2-4-9-16)13-18(20)17(19(21)14-24)12-22-11-15-7-5-6-10-23-15/h2-10,17-19,22H,11-14,20-21H2,1H3/q+1/t17?,18-,19+,24?. The number of likely N-dealkylation sites (tertiary alicyclic amines) is 1. The third-order valence-electron chi connectivity index (χ3n) is 5.12. The van der Waals surface area contributed by atoms with E-state index in [0.29, 0.717) is 0 Å². The summed E-state index contributed by atoms with van der Waals surface area (Å²) in [6, 6.07) is 16.7. The van der Waals surface area contributed by atoms with Gasteiger partial charge < -0.3 is 16.8 Å². The maximum absolute atomic E-state index is 6.51. The van der Waals surface area contributed by atoms with Crippen LogP contribution in [0.25, 0.3) is 0 Å². The highest BCUT2D eigenvalue weighted by molar-refractivity contribution is 5.43. The quantitative estimate of drug-likeness (QED) is 0.719. The largest absolute Gasteiger partial charge is 0.323 e. The lowest BCUT2D eigenvalue weighted by molar-refractivity contribution is 0.163. The first-order valence-electron chi connectivity index (χ1n) is 8.60. The molecule has 1 aromatic heterocycles. The van der Waals surface area contributed by atoms with Crippen molar-refractivity contribution in [3.05, 3.63) is 60.4 Å². The van der Waals surface area contributed by atoms with E-state index in [1.165, 1.54) is 5.69 Å². The van der Waals surface area contributed by atoms with Gasteiger partial charge in [0.1, 0.15) is 5.69 Å². The van der Waals surface area contributed by atoms with E-state index in [1.54, 1.807) is 0 Å². The molecule has 0 amide bonds. The summed E-state index contributed by atoms with van der Waals surface area (Å²) in [5.74, 6) is 0.281. The van der Waals surface area contributed by atoms with Gasteiger partial charge in [0.25, 0.3) is 0 Å². The van der Waals surface area contributed by atoms with E-state index in [-0.39, 0.29) is 18.0 Å². The normalized spacial score (nSPS) is 30.2. The van der Waals surface area contributed by atoms with Crippen molar-refractivity contribution in [3.8, 4) is 0 Å². The SMILES string of the molecule is C[N+]1(c2ccccc2)C[C@@H](N)C(CNCc2ccccn2)[C@@H](N)C1. The van der Waals surface area contributed by atoms with Crippen LogP contribution in [0.4, 0.5) is 5.69 Å². The van der Waals surface area contributed by atoms with Crippen molar-refractivity contribution in [2.45, 2.75) is 18.6 Å². The van der Waals surface area contributed by atoms with Gasteiger partial charge in [-0.2, -0.15) is 0 Å². The first kappa shape index (κ1) is 17.0. The van der Waals surface area contributed by atoms with Crippen molar-refractivity contribution in [1.29, 1.82) is 0 Å². The molecule has 2 heterocycles. The van der Waals surface area contributed by atoms with Gasteiger partial charge in [0.15, 0.2) is 0 Å². The van der Waals surface area contributed by atoms with Gasteiger partial charge in [-0.1, -0.05) is 24.3 Å². The van der Waals surface area contributed by atoms with Crippen LogP contribution in [0.5, 0.6) is 0 Å². The van der Waals surface area contributed by atoms with Crippen molar-refractivity contribution in [3.63, 3.8) is 0 Å². The van der Waals surface area contributed by atoms with Crippen molar-refractivity contribution in [2.24, 2.45) is 17.4 Å². The Hall–Kier alpha value is -1.79. The smallest absolute Gasteiger partial charge is 0.132 e. The van der Waals surface area contributed by atoms with E-state index in [4.69, 9.17) is 11.5 Å². The molecule has 0 spiro atoms. The minimum atomic E-state index is 0.0789. The Morgan fingerprint density at radius 3 is 2.33 bits per heavy atom. The van der Waals surface area contributed by atoms with E-state index in [1.807, 2.05) is 30.5 Å². The molecule has 128 valence electrons. The summed E-state index contributed by atoms with van der Waals surface area (Å²) in [7, 11) is 2.23. The summed E-state index contributed by atoms with van der Waals surface area (Å²) >= 11 is 0. The Morgan fingerprint density at radius 2 is 1.71 bits per heavy atom. The average molecular weight is 326 g/mol. The zero-order valence-corrected chi connectivity index (χ0v) is 14.3.